The maximum atomic E-state index is 11.1. The minimum atomic E-state index is -0.00859. The molecule has 0 radical (unpaired) electrons. The molecule has 0 aliphatic rings. The van der Waals surface area contributed by atoms with Crippen molar-refractivity contribution in [2.24, 2.45) is 0 Å². The molecule has 0 amide bonds. The van der Waals surface area contributed by atoms with Gasteiger partial charge < -0.3 is 14.7 Å². The van der Waals surface area contributed by atoms with E-state index in [0.29, 0.717) is 17.4 Å². The third kappa shape index (κ3) is 7.22. The highest BCUT2D eigenvalue weighted by atomic mass is 31.0. The van der Waals surface area contributed by atoms with Gasteiger partial charge >= 0.3 is 0 Å². The number of benzene rings is 3. The summed E-state index contributed by atoms with van der Waals surface area (Å²) in [5.74, 6) is 2.22. The molecule has 0 fully saturated rings. The van der Waals surface area contributed by atoms with Crippen LogP contribution in [0.4, 0.5) is 0 Å². The first-order chi connectivity index (χ1) is 18.2. The van der Waals surface area contributed by atoms with Crippen LogP contribution in [0.3, 0.4) is 0 Å². The Morgan fingerprint density at radius 2 is 1.15 bits per heavy atom. The predicted molar refractivity (Wildman–Crippen MR) is 177 cm³/mol. The molecule has 4 heteroatoms. The van der Waals surface area contributed by atoms with Gasteiger partial charge in [0.1, 0.15) is 17.2 Å². The topological polar surface area (TPSA) is 49.7 Å². The van der Waals surface area contributed by atoms with E-state index >= 15 is 0 Å². The molecular formula is C36H53O3P. The van der Waals surface area contributed by atoms with Crippen LogP contribution in [0.15, 0.2) is 30.3 Å². The Balaban J connectivity index is 0.000000319. The van der Waals surface area contributed by atoms with Gasteiger partial charge in [0.25, 0.3) is 0 Å². The Kier molecular flexibility index (Phi) is 10.6. The van der Waals surface area contributed by atoms with Gasteiger partial charge in [-0.1, -0.05) is 93.5 Å². The third-order valence-electron chi connectivity index (χ3n) is 7.96. The van der Waals surface area contributed by atoms with Gasteiger partial charge in [0, 0.05) is 11.1 Å². The Hall–Kier alpha value is -2.51. The van der Waals surface area contributed by atoms with Gasteiger partial charge in [-0.3, -0.25) is 0 Å². The van der Waals surface area contributed by atoms with Crippen molar-refractivity contribution in [3.8, 4) is 28.4 Å². The lowest BCUT2D eigenvalue weighted by atomic mass is 9.80. The van der Waals surface area contributed by atoms with Crippen LogP contribution in [-0.2, 0) is 10.8 Å². The lowest BCUT2D eigenvalue weighted by Gasteiger charge is -2.25. The standard InChI is InChI=1S/C22H31O2P.C14H22O/c1-11(2)17-9-13(5)15(7)19(21(17)23)20-16(8)14(6)10-18(12(3)4)22(20)24-25;1-13(2,3)10-7-8-12(15)11(9-10)14(4,5)6/h9-12,23H,25H2,1-8H3;7-9,15H,1-6H3. The molecule has 40 heavy (non-hydrogen) atoms. The fraction of sp³-hybridized carbons (Fsp3) is 0.500. The molecule has 220 valence electrons. The molecule has 0 saturated carbocycles. The van der Waals surface area contributed by atoms with Crippen LogP contribution in [0, 0.1) is 27.7 Å². The summed E-state index contributed by atoms with van der Waals surface area (Å²) in [7, 11) is 2.39. The van der Waals surface area contributed by atoms with Crippen LogP contribution in [0.25, 0.3) is 11.1 Å². The summed E-state index contributed by atoms with van der Waals surface area (Å²) in [4.78, 5) is 0. The number of phenolic OH excluding ortho intramolecular Hbond substituents is 2. The summed E-state index contributed by atoms with van der Waals surface area (Å²) in [6.07, 6.45) is 0. The van der Waals surface area contributed by atoms with Crippen LogP contribution in [0.2, 0.25) is 0 Å². The van der Waals surface area contributed by atoms with Gasteiger partial charge in [-0.25, -0.2) is 0 Å². The van der Waals surface area contributed by atoms with Gasteiger partial charge in [-0.05, 0) is 101 Å². The summed E-state index contributed by atoms with van der Waals surface area (Å²) >= 11 is 0. The molecular weight excluding hydrogens is 511 g/mol. The predicted octanol–water partition coefficient (Wildman–Crippen LogP) is 10.7. The largest absolute Gasteiger partial charge is 0.508 e. The zero-order chi connectivity index (χ0) is 30.9. The highest BCUT2D eigenvalue weighted by Gasteiger charge is 2.25. The molecule has 1 atom stereocenters. The number of phenols is 2. The van der Waals surface area contributed by atoms with Gasteiger partial charge in [0.15, 0.2) is 0 Å². The average molecular weight is 565 g/mol. The lowest BCUT2D eigenvalue weighted by molar-refractivity contribution is 0.444. The molecule has 1 unspecified atom stereocenters. The first kappa shape index (κ1) is 33.7. The molecule has 0 heterocycles. The van der Waals surface area contributed by atoms with Crippen molar-refractivity contribution in [2.75, 3.05) is 0 Å². The van der Waals surface area contributed by atoms with Gasteiger partial charge in [0.05, 0.1) is 9.47 Å². The van der Waals surface area contributed by atoms with Crippen LogP contribution < -0.4 is 4.52 Å². The number of aryl methyl sites for hydroxylation is 2. The summed E-state index contributed by atoms with van der Waals surface area (Å²) in [6, 6.07) is 10.2. The molecule has 3 rings (SSSR count). The Morgan fingerprint density at radius 1 is 0.675 bits per heavy atom. The van der Waals surface area contributed by atoms with Crippen molar-refractivity contribution in [3.63, 3.8) is 0 Å². The first-order valence-corrected chi connectivity index (χ1v) is 14.9. The van der Waals surface area contributed by atoms with Crippen LogP contribution in [-0.4, -0.2) is 10.2 Å². The molecule has 0 bridgehead atoms. The van der Waals surface area contributed by atoms with Crippen LogP contribution in [0.1, 0.15) is 126 Å². The van der Waals surface area contributed by atoms with Crippen LogP contribution in [0.5, 0.6) is 17.2 Å². The molecule has 3 aromatic rings. The zero-order valence-electron chi connectivity index (χ0n) is 27.4. The molecule has 0 saturated heterocycles. The average Bonchev–Trinajstić information content (AvgIpc) is 2.82. The summed E-state index contributed by atoms with van der Waals surface area (Å²) < 4.78 is 5.78. The second-order valence-corrected chi connectivity index (χ2v) is 14.1. The second-order valence-electron chi connectivity index (χ2n) is 13.9. The Morgan fingerprint density at radius 3 is 1.57 bits per heavy atom. The molecule has 3 nitrogen and oxygen atoms in total. The number of rotatable bonds is 4. The Bertz CT molecular complexity index is 1350. The minimum Gasteiger partial charge on any atom is -0.508 e. The lowest BCUT2D eigenvalue weighted by Crippen LogP contribution is -2.16. The summed E-state index contributed by atoms with van der Waals surface area (Å²) in [5, 5.41) is 21.0. The van der Waals surface area contributed by atoms with Crippen LogP contribution >= 0.6 is 9.47 Å². The Labute approximate surface area is 246 Å². The zero-order valence-corrected chi connectivity index (χ0v) is 28.6. The highest BCUT2D eigenvalue weighted by Crippen LogP contribution is 2.48. The number of hydrogen-bond acceptors (Lipinski definition) is 3. The van der Waals surface area contributed by atoms with E-state index in [4.69, 9.17) is 4.52 Å². The third-order valence-corrected chi connectivity index (χ3v) is 8.19. The quantitative estimate of drug-likeness (QED) is 0.310. The number of hydrogen-bond donors (Lipinski definition) is 2. The monoisotopic (exact) mass is 564 g/mol. The smallest absolute Gasteiger partial charge is 0.134 e. The molecule has 2 N–H and O–H groups in total. The molecule has 0 aliphatic carbocycles. The SMILES string of the molecule is CC(C)(C)c1ccc(O)c(C(C)(C)C)c1.Cc1cc(C(C)C)c(O)c(-c2c(C)c(C)cc(C(C)C)c2OP)c1C. The van der Waals surface area contributed by atoms with Gasteiger partial charge in [-0.2, -0.15) is 0 Å². The van der Waals surface area contributed by atoms with Crippen molar-refractivity contribution in [3.05, 3.63) is 74.8 Å². The summed E-state index contributed by atoms with van der Waals surface area (Å²) in [5.41, 5.74) is 11.2. The van der Waals surface area contributed by atoms with E-state index in [-0.39, 0.29) is 16.7 Å². The molecule has 0 spiro atoms. The van der Waals surface area contributed by atoms with E-state index in [1.165, 1.54) is 22.3 Å². The van der Waals surface area contributed by atoms with Crippen molar-refractivity contribution in [1.29, 1.82) is 0 Å². The van der Waals surface area contributed by atoms with E-state index in [1.807, 2.05) is 6.07 Å². The minimum absolute atomic E-state index is 0.00859. The maximum Gasteiger partial charge on any atom is 0.134 e. The molecule has 0 aliphatic heterocycles. The van der Waals surface area contributed by atoms with Crippen molar-refractivity contribution in [1.82, 2.24) is 0 Å². The van der Waals surface area contributed by atoms with E-state index in [9.17, 15) is 10.2 Å². The molecule has 3 aromatic carbocycles. The van der Waals surface area contributed by atoms with E-state index in [1.54, 1.807) is 6.07 Å². The highest BCUT2D eigenvalue weighted by molar-refractivity contribution is 7.10. The summed E-state index contributed by atoms with van der Waals surface area (Å²) in [6.45, 7) is 29.9. The van der Waals surface area contributed by atoms with E-state index < -0.39 is 0 Å². The first-order valence-electron chi connectivity index (χ1n) is 14.4. The fourth-order valence-corrected chi connectivity index (χ4v) is 5.31. The fourth-order valence-electron chi connectivity index (χ4n) is 5.05. The normalized spacial score (nSPS) is 12.0. The molecule has 0 aromatic heterocycles. The van der Waals surface area contributed by atoms with E-state index in [2.05, 4.69) is 125 Å². The number of aromatic hydroxyl groups is 2. The van der Waals surface area contributed by atoms with Crippen molar-refractivity contribution in [2.45, 2.75) is 120 Å². The van der Waals surface area contributed by atoms with E-state index in [0.717, 1.165) is 39.1 Å². The maximum absolute atomic E-state index is 11.1. The van der Waals surface area contributed by atoms with Crippen molar-refractivity contribution >= 4 is 9.47 Å². The van der Waals surface area contributed by atoms with Crippen molar-refractivity contribution < 1.29 is 14.7 Å². The van der Waals surface area contributed by atoms with Gasteiger partial charge in [-0.15, -0.1) is 0 Å². The van der Waals surface area contributed by atoms with Gasteiger partial charge in [0.2, 0.25) is 0 Å². The second kappa shape index (κ2) is 12.6.